The molecule has 4 aromatic carbocycles. The van der Waals surface area contributed by atoms with E-state index in [0.29, 0.717) is 32.5 Å². The third-order valence-electron chi connectivity index (χ3n) is 5.96. The number of nitrogens with one attached hydrogen (secondary N) is 2. The summed E-state index contributed by atoms with van der Waals surface area (Å²) < 4.78 is 8.09. The van der Waals surface area contributed by atoms with E-state index in [-0.39, 0.29) is 12.3 Å². The molecule has 0 spiro atoms. The highest BCUT2D eigenvalue weighted by Crippen LogP contribution is 2.37. The maximum atomic E-state index is 12.9. The Morgan fingerprint density at radius 1 is 0.881 bits per heavy atom. The zero-order chi connectivity index (χ0) is 29.6. The molecule has 0 saturated heterocycles. The molecule has 2 N–H and O–H groups in total. The van der Waals surface area contributed by atoms with E-state index in [9.17, 15) is 14.4 Å². The minimum Gasteiger partial charge on any atom is -0.426 e. The van der Waals surface area contributed by atoms with Crippen molar-refractivity contribution in [2.75, 3.05) is 5.32 Å². The highest BCUT2D eigenvalue weighted by Gasteiger charge is 2.18. The second-order valence-electron chi connectivity index (χ2n) is 8.93. The number of hydrogen-bond donors (Lipinski definition) is 2. The van der Waals surface area contributed by atoms with E-state index in [1.165, 1.54) is 17.6 Å². The summed E-state index contributed by atoms with van der Waals surface area (Å²) >= 11 is 14.6. The first-order valence-electron chi connectivity index (χ1n) is 12.4. The quantitative estimate of drug-likeness (QED) is 0.0729. The van der Waals surface area contributed by atoms with Crippen LogP contribution in [0, 0.1) is 0 Å². The lowest BCUT2D eigenvalue weighted by atomic mass is 10.1. The molecule has 0 aliphatic rings. The predicted molar refractivity (Wildman–Crippen MR) is 174 cm³/mol. The number of carbonyl (C=O) groups excluding carboxylic acids is 3. The first-order valence-corrected chi connectivity index (χ1v) is 15.2. The first kappa shape index (κ1) is 29.7. The molecular formula is C31H20Br2ClN3O4S. The molecule has 42 heavy (non-hydrogen) atoms. The Balaban J connectivity index is 1.20. The standard InChI is InChI=1S/C31H20Br2ClN3O4S/c32-21-9-13-25(41-27(38)14-18-4-2-1-3-5-18)20(15-21)17-35-37-30(39)19-6-10-23(11-7-19)36-31(40)29-28(34)24-12-8-22(33)16-26(24)42-29/h1-13,15-17H,14H2,(H,36,40)(H,37,39)/b35-17-. The fraction of sp³-hybridized carbons (Fsp3) is 0.0323. The summed E-state index contributed by atoms with van der Waals surface area (Å²) in [6.45, 7) is 0. The fourth-order valence-electron chi connectivity index (χ4n) is 3.94. The van der Waals surface area contributed by atoms with E-state index in [1.807, 2.05) is 48.5 Å². The Kier molecular flexibility index (Phi) is 9.48. The van der Waals surface area contributed by atoms with Gasteiger partial charge in [-0.2, -0.15) is 5.10 Å². The lowest BCUT2D eigenvalue weighted by Crippen LogP contribution is -2.18. The van der Waals surface area contributed by atoms with Crippen molar-refractivity contribution in [3.63, 3.8) is 0 Å². The maximum Gasteiger partial charge on any atom is 0.315 e. The number of carbonyl (C=O) groups is 3. The number of nitrogens with zero attached hydrogens (tertiary/aromatic N) is 1. The Bertz CT molecular complexity index is 1830. The topological polar surface area (TPSA) is 96.9 Å². The smallest absolute Gasteiger partial charge is 0.315 e. The van der Waals surface area contributed by atoms with E-state index in [4.69, 9.17) is 16.3 Å². The van der Waals surface area contributed by atoms with E-state index in [2.05, 4.69) is 47.7 Å². The summed E-state index contributed by atoms with van der Waals surface area (Å²) in [5, 5.41) is 8.06. The van der Waals surface area contributed by atoms with Gasteiger partial charge in [0.2, 0.25) is 0 Å². The lowest BCUT2D eigenvalue weighted by Gasteiger charge is -2.08. The lowest BCUT2D eigenvalue weighted by molar-refractivity contribution is -0.133. The minimum absolute atomic E-state index is 0.121. The monoisotopic (exact) mass is 723 g/mol. The van der Waals surface area contributed by atoms with Crippen LogP contribution in [0.2, 0.25) is 5.02 Å². The number of esters is 1. The number of halogens is 3. The van der Waals surface area contributed by atoms with Gasteiger partial charge in [-0.05, 0) is 60.2 Å². The predicted octanol–water partition coefficient (Wildman–Crippen LogP) is 8.24. The molecule has 2 amide bonds. The van der Waals surface area contributed by atoms with Crippen LogP contribution in [0.1, 0.15) is 31.2 Å². The van der Waals surface area contributed by atoms with Gasteiger partial charge in [-0.1, -0.05) is 79.9 Å². The average Bonchev–Trinajstić information content (AvgIpc) is 3.30. The normalized spacial score (nSPS) is 11.0. The molecule has 5 aromatic rings. The zero-order valence-corrected chi connectivity index (χ0v) is 26.3. The average molecular weight is 726 g/mol. The van der Waals surface area contributed by atoms with Gasteiger partial charge in [-0.3, -0.25) is 14.4 Å². The number of ether oxygens (including phenoxy) is 1. The van der Waals surface area contributed by atoms with Gasteiger partial charge >= 0.3 is 5.97 Å². The molecule has 0 atom stereocenters. The van der Waals surface area contributed by atoms with Crippen molar-refractivity contribution in [3.05, 3.63) is 127 Å². The minimum atomic E-state index is -0.458. The van der Waals surface area contributed by atoms with Crippen molar-refractivity contribution in [2.45, 2.75) is 6.42 Å². The maximum absolute atomic E-state index is 12.9. The molecule has 0 bridgehead atoms. The van der Waals surface area contributed by atoms with E-state index >= 15 is 0 Å². The number of thiophene rings is 1. The molecule has 0 saturated carbocycles. The second-order valence-corrected chi connectivity index (χ2v) is 12.2. The molecule has 5 rings (SSSR count). The molecule has 0 fully saturated rings. The Morgan fingerprint density at radius 2 is 1.60 bits per heavy atom. The van der Waals surface area contributed by atoms with Gasteiger partial charge in [0.1, 0.15) is 10.6 Å². The molecule has 1 heterocycles. The number of benzene rings is 4. The molecule has 1 aromatic heterocycles. The largest absolute Gasteiger partial charge is 0.426 e. The van der Waals surface area contributed by atoms with Gasteiger partial charge in [-0.15, -0.1) is 11.3 Å². The summed E-state index contributed by atoms with van der Waals surface area (Å²) in [5.74, 6) is -0.908. The van der Waals surface area contributed by atoms with E-state index in [0.717, 1.165) is 24.6 Å². The van der Waals surface area contributed by atoms with Gasteiger partial charge in [0.15, 0.2) is 0 Å². The van der Waals surface area contributed by atoms with Gasteiger partial charge in [0.05, 0.1) is 17.7 Å². The SMILES string of the molecule is O=C(Cc1ccccc1)Oc1ccc(Br)cc1/C=N\NC(=O)c1ccc(NC(=O)c2sc3cc(Br)ccc3c2Cl)cc1. The summed E-state index contributed by atoms with van der Waals surface area (Å²) in [6.07, 6.45) is 1.52. The molecule has 0 aliphatic carbocycles. The Hall–Kier alpha value is -3.83. The van der Waals surface area contributed by atoms with Crippen LogP contribution in [-0.2, 0) is 11.2 Å². The van der Waals surface area contributed by atoms with Crippen LogP contribution in [0.25, 0.3) is 10.1 Å². The van der Waals surface area contributed by atoms with E-state index in [1.54, 1.807) is 42.5 Å². The van der Waals surface area contributed by atoms with Crippen molar-refractivity contribution in [1.29, 1.82) is 0 Å². The van der Waals surface area contributed by atoms with Crippen LogP contribution < -0.4 is 15.5 Å². The Labute approximate surface area is 266 Å². The van der Waals surface area contributed by atoms with Crippen LogP contribution in [0.15, 0.2) is 105 Å². The molecule has 7 nitrogen and oxygen atoms in total. The summed E-state index contributed by atoms with van der Waals surface area (Å²) in [4.78, 5) is 38.4. The third-order valence-corrected chi connectivity index (χ3v) is 8.60. The summed E-state index contributed by atoms with van der Waals surface area (Å²) in [5.41, 5.74) is 4.64. The fourth-order valence-corrected chi connectivity index (χ4v) is 6.28. The van der Waals surface area contributed by atoms with Crippen molar-refractivity contribution in [2.24, 2.45) is 5.10 Å². The van der Waals surface area contributed by atoms with Gasteiger partial charge < -0.3 is 10.1 Å². The third kappa shape index (κ3) is 7.32. The number of anilines is 1. The zero-order valence-electron chi connectivity index (χ0n) is 21.6. The highest BCUT2D eigenvalue weighted by molar-refractivity contribution is 9.10. The molecule has 0 unspecified atom stereocenters. The number of hydrazone groups is 1. The molecule has 11 heteroatoms. The van der Waals surface area contributed by atoms with Gasteiger partial charge in [0, 0.05) is 35.8 Å². The number of amides is 2. The van der Waals surface area contributed by atoms with Crippen LogP contribution in [0.5, 0.6) is 5.75 Å². The summed E-state index contributed by atoms with van der Waals surface area (Å²) in [6, 6.07) is 26.4. The first-order chi connectivity index (χ1) is 20.3. The van der Waals surface area contributed by atoms with Crippen molar-refractivity contribution in [3.8, 4) is 5.75 Å². The molecular weight excluding hydrogens is 706 g/mol. The number of hydrogen-bond acceptors (Lipinski definition) is 6. The number of rotatable bonds is 8. The highest BCUT2D eigenvalue weighted by atomic mass is 79.9. The van der Waals surface area contributed by atoms with Crippen molar-refractivity contribution < 1.29 is 19.1 Å². The van der Waals surface area contributed by atoms with Crippen LogP contribution >= 0.6 is 54.8 Å². The molecule has 0 radical (unpaired) electrons. The van der Waals surface area contributed by atoms with Crippen LogP contribution in [0.3, 0.4) is 0 Å². The molecule has 0 aliphatic heterocycles. The van der Waals surface area contributed by atoms with Gasteiger partial charge in [-0.25, -0.2) is 5.43 Å². The van der Waals surface area contributed by atoms with Crippen molar-refractivity contribution in [1.82, 2.24) is 5.43 Å². The van der Waals surface area contributed by atoms with Crippen LogP contribution in [-0.4, -0.2) is 24.0 Å². The van der Waals surface area contributed by atoms with Crippen LogP contribution in [0.4, 0.5) is 5.69 Å². The Morgan fingerprint density at radius 3 is 2.36 bits per heavy atom. The van der Waals surface area contributed by atoms with E-state index < -0.39 is 11.9 Å². The molecule has 210 valence electrons. The summed E-state index contributed by atoms with van der Waals surface area (Å²) in [7, 11) is 0. The number of fused-ring (bicyclic) bond motifs is 1. The second kappa shape index (κ2) is 13.4. The van der Waals surface area contributed by atoms with Gasteiger partial charge in [0.25, 0.3) is 11.8 Å². The van der Waals surface area contributed by atoms with Crippen molar-refractivity contribution >= 4 is 94.6 Å².